The molecule has 0 aromatic carbocycles. The number of aryl methyl sites for hydroxylation is 1. The minimum Gasteiger partial charge on any atom is -0.465 e. The Bertz CT molecular complexity index is 862. The molecule has 0 radical (unpaired) electrons. The van der Waals surface area contributed by atoms with Crippen molar-refractivity contribution in [1.82, 2.24) is 25.1 Å². The smallest absolute Gasteiger partial charge is 0.408 e. The standard InChI is InChI=1S/C16H20F3N7O3/c1-8-5-13(22-12-3-4-20-24-12)23-14(21-8)25-6-10(11(27)7-25)26(15(28)29)9(2)16(17,18)19/h3-5,9-11,27H,6-7H2,1-2H3,(H,28,29)(H2,20,21,22,23,24)/t9-,10+,11+/m0/s1. The number of aliphatic hydroxyl groups excluding tert-OH is 1. The quantitative estimate of drug-likeness (QED) is 0.581. The molecule has 1 saturated heterocycles. The first-order chi connectivity index (χ1) is 13.6. The highest BCUT2D eigenvalue weighted by molar-refractivity contribution is 5.66. The fraction of sp³-hybridized carbons (Fsp3) is 0.500. The van der Waals surface area contributed by atoms with E-state index in [9.17, 15) is 28.2 Å². The van der Waals surface area contributed by atoms with Gasteiger partial charge in [-0.2, -0.15) is 23.3 Å². The van der Waals surface area contributed by atoms with Crippen molar-refractivity contribution in [2.24, 2.45) is 0 Å². The number of hydrogen-bond acceptors (Lipinski definition) is 7. The summed E-state index contributed by atoms with van der Waals surface area (Å²) in [4.78, 5) is 21.8. The van der Waals surface area contributed by atoms with Crippen molar-refractivity contribution >= 4 is 23.7 Å². The maximum Gasteiger partial charge on any atom is 0.408 e. The molecule has 0 aliphatic carbocycles. The van der Waals surface area contributed by atoms with Crippen LogP contribution in [-0.4, -0.2) is 78.8 Å². The van der Waals surface area contributed by atoms with Gasteiger partial charge in [0, 0.05) is 37.1 Å². The monoisotopic (exact) mass is 415 g/mol. The summed E-state index contributed by atoms with van der Waals surface area (Å²) in [6, 6.07) is -0.223. The summed E-state index contributed by atoms with van der Waals surface area (Å²) in [5.74, 6) is 1.07. The zero-order valence-electron chi connectivity index (χ0n) is 15.6. The summed E-state index contributed by atoms with van der Waals surface area (Å²) in [5.41, 5.74) is 0.574. The first-order valence-electron chi connectivity index (χ1n) is 8.69. The number of anilines is 3. The molecule has 10 nitrogen and oxygen atoms in total. The predicted molar refractivity (Wildman–Crippen MR) is 96.0 cm³/mol. The zero-order chi connectivity index (χ0) is 21.3. The molecule has 3 heterocycles. The second-order valence-electron chi connectivity index (χ2n) is 6.73. The minimum atomic E-state index is -4.76. The largest absolute Gasteiger partial charge is 0.465 e. The number of aromatic nitrogens is 4. The number of β-amino-alcohol motifs (C(OH)–C–C–N with tert-alkyl or cyclic N) is 1. The molecule has 13 heteroatoms. The molecule has 0 saturated carbocycles. The van der Waals surface area contributed by atoms with Gasteiger partial charge in [-0.1, -0.05) is 0 Å². The van der Waals surface area contributed by atoms with E-state index in [1.165, 1.54) is 4.90 Å². The predicted octanol–water partition coefficient (Wildman–Crippen LogP) is 1.73. The van der Waals surface area contributed by atoms with E-state index in [2.05, 4.69) is 25.5 Å². The Balaban J connectivity index is 1.83. The normalized spacial score (nSPS) is 20.6. The molecule has 2 aromatic heterocycles. The van der Waals surface area contributed by atoms with Gasteiger partial charge in [0.25, 0.3) is 0 Å². The van der Waals surface area contributed by atoms with Gasteiger partial charge in [0.2, 0.25) is 5.95 Å². The molecular weight excluding hydrogens is 395 g/mol. The Kier molecular flexibility index (Phi) is 5.50. The lowest BCUT2D eigenvalue weighted by atomic mass is 10.1. The van der Waals surface area contributed by atoms with Crippen LogP contribution in [-0.2, 0) is 0 Å². The van der Waals surface area contributed by atoms with Crippen molar-refractivity contribution in [2.75, 3.05) is 23.3 Å². The maximum atomic E-state index is 13.1. The highest BCUT2D eigenvalue weighted by Crippen LogP contribution is 2.30. The average Bonchev–Trinajstić information content (AvgIpc) is 3.24. The number of carbonyl (C=O) groups is 1. The number of aromatic amines is 1. The average molecular weight is 415 g/mol. The third-order valence-corrected chi connectivity index (χ3v) is 4.61. The van der Waals surface area contributed by atoms with Crippen LogP contribution in [0, 0.1) is 6.92 Å². The van der Waals surface area contributed by atoms with E-state index >= 15 is 0 Å². The van der Waals surface area contributed by atoms with Crippen molar-refractivity contribution in [1.29, 1.82) is 0 Å². The van der Waals surface area contributed by atoms with Gasteiger partial charge >= 0.3 is 12.3 Å². The summed E-state index contributed by atoms with van der Waals surface area (Å²) in [6.07, 6.45) is -6.23. The van der Waals surface area contributed by atoms with Crippen LogP contribution in [0.5, 0.6) is 0 Å². The third kappa shape index (κ3) is 4.50. The van der Waals surface area contributed by atoms with E-state index in [0.717, 1.165) is 6.92 Å². The van der Waals surface area contributed by atoms with Gasteiger partial charge in [-0.15, -0.1) is 0 Å². The Labute approximate surface area is 163 Å². The van der Waals surface area contributed by atoms with Gasteiger partial charge in [-0.05, 0) is 13.8 Å². The van der Waals surface area contributed by atoms with Crippen LogP contribution in [0.15, 0.2) is 18.3 Å². The van der Waals surface area contributed by atoms with Gasteiger partial charge in [0.05, 0.1) is 12.1 Å². The molecule has 0 unspecified atom stereocenters. The molecule has 1 aliphatic heterocycles. The van der Waals surface area contributed by atoms with E-state index in [4.69, 9.17) is 0 Å². The molecule has 0 spiro atoms. The number of rotatable bonds is 5. The lowest BCUT2D eigenvalue weighted by molar-refractivity contribution is -0.180. The topological polar surface area (TPSA) is 130 Å². The number of hydrogen-bond donors (Lipinski definition) is 4. The second kappa shape index (κ2) is 7.73. The molecule has 1 amide bonds. The number of aliphatic hydroxyl groups is 1. The zero-order valence-corrected chi connectivity index (χ0v) is 15.6. The fourth-order valence-corrected chi connectivity index (χ4v) is 3.18. The Morgan fingerprint density at radius 2 is 2.10 bits per heavy atom. The van der Waals surface area contributed by atoms with Crippen LogP contribution in [0.3, 0.4) is 0 Å². The van der Waals surface area contributed by atoms with E-state index < -0.39 is 30.5 Å². The van der Waals surface area contributed by atoms with Crippen molar-refractivity contribution in [3.8, 4) is 0 Å². The van der Waals surface area contributed by atoms with Crippen LogP contribution in [0.2, 0.25) is 0 Å². The molecule has 4 N–H and O–H groups in total. The number of H-pyrrole nitrogens is 1. The summed E-state index contributed by atoms with van der Waals surface area (Å²) in [6.45, 7) is 2.17. The summed E-state index contributed by atoms with van der Waals surface area (Å²) < 4.78 is 39.3. The van der Waals surface area contributed by atoms with Gasteiger partial charge in [0.15, 0.2) is 5.82 Å². The third-order valence-electron chi connectivity index (χ3n) is 4.61. The Morgan fingerprint density at radius 3 is 2.69 bits per heavy atom. The summed E-state index contributed by atoms with van der Waals surface area (Å²) in [5, 5.41) is 29.2. The second-order valence-corrected chi connectivity index (χ2v) is 6.73. The van der Waals surface area contributed by atoms with Crippen LogP contribution in [0.4, 0.5) is 35.5 Å². The minimum absolute atomic E-state index is 0.107. The van der Waals surface area contributed by atoms with Crippen molar-refractivity contribution in [2.45, 2.75) is 38.2 Å². The highest BCUT2D eigenvalue weighted by Gasteiger charge is 2.49. The Morgan fingerprint density at radius 1 is 1.38 bits per heavy atom. The fourth-order valence-electron chi connectivity index (χ4n) is 3.18. The van der Waals surface area contributed by atoms with E-state index in [0.29, 0.717) is 17.3 Å². The molecule has 0 bridgehead atoms. The number of nitrogens with one attached hydrogen (secondary N) is 2. The number of carboxylic acid groups (broad SMARTS) is 1. The molecule has 1 aliphatic rings. The SMILES string of the molecule is Cc1cc(Nc2cc[nH]n2)nc(N2C[C@@H](O)[C@H](N(C(=O)O)[C@@H](C)C(F)(F)F)C2)n1. The molecule has 158 valence electrons. The number of amides is 1. The first kappa shape index (κ1) is 20.6. The highest BCUT2D eigenvalue weighted by atomic mass is 19.4. The summed E-state index contributed by atoms with van der Waals surface area (Å²) in [7, 11) is 0. The van der Waals surface area contributed by atoms with E-state index in [1.54, 1.807) is 25.3 Å². The van der Waals surface area contributed by atoms with Gasteiger partial charge < -0.3 is 20.4 Å². The van der Waals surface area contributed by atoms with Gasteiger partial charge in [-0.3, -0.25) is 10.00 Å². The lowest BCUT2D eigenvalue weighted by Crippen LogP contribution is -2.55. The molecule has 3 rings (SSSR count). The van der Waals surface area contributed by atoms with Crippen molar-refractivity contribution in [3.05, 3.63) is 24.0 Å². The number of alkyl halides is 3. The van der Waals surface area contributed by atoms with Crippen LogP contribution >= 0.6 is 0 Å². The van der Waals surface area contributed by atoms with E-state index in [1.807, 2.05) is 0 Å². The van der Waals surface area contributed by atoms with Gasteiger partial charge in [-0.25, -0.2) is 9.78 Å². The van der Waals surface area contributed by atoms with E-state index in [-0.39, 0.29) is 23.9 Å². The van der Waals surface area contributed by atoms with Crippen LogP contribution in [0.1, 0.15) is 12.6 Å². The molecule has 2 aromatic rings. The molecule has 29 heavy (non-hydrogen) atoms. The lowest BCUT2D eigenvalue weighted by Gasteiger charge is -2.34. The number of nitrogens with zero attached hydrogens (tertiary/aromatic N) is 5. The van der Waals surface area contributed by atoms with Crippen LogP contribution < -0.4 is 10.2 Å². The molecule has 1 fully saturated rings. The van der Waals surface area contributed by atoms with Gasteiger partial charge in [0.1, 0.15) is 11.9 Å². The van der Waals surface area contributed by atoms with Crippen molar-refractivity contribution in [3.63, 3.8) is 0 Å². The molecular formula is C16H20F3N7O3. The first-order valence-corrected chi connectivity index (χ1v) is 8.69. The summed E-state index contributed by atoms with van der Waals surface area (Å²) >= 11 is 0. The van der Waals surface area contributed by atoms with Crippen molar-refractivity contribution < 1.29 is 28.2 Å². The Hall–Kier alpha value is -3.09. The van der Waals surface area contributed by atoms with Crippen LogP contribution in [0.25, 0.3) is 0 Å². The molecule has 3 atom stereocenters. The number of halogens is 3. The maximum absolute atomic E-state index is 13.1.